The summed E-state index contributed by atoms with van der Waals surface area (Å²) in [6.45, 7) is 12.8. The van der Waals surface area contributed by atoms with E-state index in [9.17, 15) is 4.57 Å². The molecule has 5 unspecified atom stereocenters. The van der Waals surface area contributed by atoms with Gasteiger partial charge in [0, 0.05) is 18.9 Å². The molecule has 0 N–H and O–H groups in total. The molecule has 0 heterocycles. The third-order valence-corrected chi connectivity index (χ3v) is 11.3. The Hall–Kier alpha value is -3.80. The van der Waals surface area contributed by atoms with Gasteiger partial charge in [0.1, 0.15) is 0 Å². The molecule has 0 amide bonds. The highest BCUT2D eigenvalue weighted by Crippen LogP contribution is 2.13. The first-order chi connectivity index (χ1) is 35.5. The molecule has 0 saturated carbocycles. The molecule has 0 fully saturated rings. The van der Waals surface area contributed by atoms with Crippen LogP contribution in [0.15, 0.2) is 219 Å². The summed E-state index contributed by atoms with van der Waals surface area (Å²) >= 11 is 0. The summed E-state index contributed by atoms with van der Waals surface area (Å²) in [4.78, 5) is 0. The van der Waals surface area contributed by atoms with Crippen molar-refractivity contribution in [2.45, 2.75) is 194 Å². The average molecular weight is 1040 g/mol. The standard InChI is InChI=1S/C22H35OP.C22H33OP.C22H35OP/c1-3-5-6-7-8-9-10-11-12-13-14-15-16-17-18-19-20-21-22(4-2)23-24;1-3-5-6-7-8-9-10-11-12-13-14-15-16-17-18-19-21-22(24-23)20-4-2;1-3-5-7-8-9-10-11-12-13-14-15-16-17-19-21-22(23-24)20-18-6-4-2/h6-7,9-10,12-13,15-16,18-22H,3-5,8,11,14,17,24H2,1-2H3;4,6-7,9-10,12-13,15-16,18-20,22H,3,5,8,11,14,17,21H2,1-2H3;6-8,10-11,13-14,16-19,21-22H,3-5,9,12,15,20,24H2,1-2H3/b7-6-,10-9-,13-12-,16-15-,19-18-,21-20+;7-6-,10-9-,13-12-,16-15-,19-18-,20-4+;8-7-,11-10-,14-13-,17-16-,18-6-,21-19+. The van der Waals surface area contributed by atoms with Gasteiger partial charge in [-0.25, -0.2) is 0 Å². The van der Waals surface area contributed by atoms with Crippen LogP contribution in [0, 0.1) is 0 Å². The summed E-state index contributed by atoms with van der Waals surface area (Å²) in [5.74, 6) is 0. The summed E-state index contributed by atoms with van der Waals surface area (Å²) in [6.07, 6.45) is 101. The van der Waals surface area contributed by atoms with Crippen molar-refractivity contribution in [3.05, 3.63) is 219 Å². The van der Waals surface area contributed by atoms with E-state index >= 15 is 0 Å². The fraction of sp³-hybridized carbons (Fsp3) is 0.455. The maximum atomic E-state index is 10.9. The fourth-order valence-electron chi connectivity index (χ4n) is 5.80. The molecule has 0 spiro atoms. The first-order valence-corrected chi connectivity index (χ1v) is 29.1. The van der Waals surface area contributed by atoms with Crippen molar-refractivity contribution in [2.75, 3.05) is 0 Å². The minimum Gasteiger partial charge on any atom is -0.358 e. The lowest BCUT2D eigenvalue weighted by Crippen LogP contribution is -2.00. The molecule has 0 aliphatic heterocycles. The predicted octanol–water partition coefficient (Wildman–Crippen LogP) is 22.3. The zero-order chi connectivity index (χ0) is 53.2. The Morgan fingerprint density at radius 2 is 0.667 bits per heavy atom. The van der Waals surface area contributed by atoms with Crippen LogP contribution in [0.25, 0.3) is 0 Å². The molecule has 0 rings (SSSR count). The van der Waals surface area contributed by atoms with Crippen LogP contribution >= 0.6 is 27.4 Å². The quantitative estimate of drug-likeness (QED) is 0.0347. The van der Waals surface area contributed by atoms with Gasteiger partial charge < -0.3 is 9.05 Å². The van der Waals surface area contributed by atoms with Gasteiger partial charge in [-0.2, -0.15) is 0 Å². The average Bonchev–Trinajstić information content (AvgIpc) is 3.40. The predicted molar refractivity (Wildman–Crippen MR) is 336 cm³/mol. The molecule has 6 heteroatoms. The zero-order valence-corrected chi connectivity index (χ0v) is 49.4. The number of rotatable bonds is 42. The van der Waals surface area contributed by atoms with Crippen LogP contribution in [-0.4, -0.2) is 17.9 Å². The van der Waals surface area contributed by atoms with Gasteiger partial charge in [0.25, 0.3) is 0 Å². The van der Waals surface area contributed by atoms with Gasteiger partial charge in [0.05, 0.1) is 17.9 Å². The SMILES string of the molecule is C/C=C/C(C/C=C\C/C=C\C/C=C\C/C=C\C/C=C\CCC)P=O.CC/C=C\CC(/C=C/C=C\C/C=C\C/C=C\C/C=C\CCC)OP.CCC/C=C\C/C=C\C/C=C\C/C=C\C/C=C\C=C\C(CC)OP. The van der Waals surface area contributed by atoms with Crippen LogP contribution in [-0.2, 0) is 13.6 Å². The summed E-state index contributed by atoms with van der Waals surface area (Å²) in [6, 6.07) is 0. The van der Waals surface area contributed by atoms with Crippen LogP contribution in [0.3, 0.4) is 0 Å². The Morgan fingerprint density at radius 3 is 0.958 bits per heavy atom. The Kier molecular flexibility index (Phi) is 69.7. The van der Waals surface area contributed by atoms with Gasteiger partial charge in [-0.15, -0.1) is 0 Å². The minimum atomic E-state index is 0.119. The van der Waals surface area contributed by atoms with Gasteiger partial charge >= 0.3 is 0 Å². The van der Waals surface area contributed by atoms with Crippen LogP contribution in [0.4, 0.5) is 0 Å². The second-order valence-electron chi connectivity index (χ2n) is 16.5. The molecule has 400 valence electrons. The van der Waals surface area contributed by atoms with E-state index in [1.165, 1.54) is 38.5 Å². The summed E-state index contributed by atoms with van der Waals surface area (Å²) in [7, 11) is 4.86. The highest BCUT2D eigenvalue weighted by molar-refractivity contribution is 7.25. The van der Waals surface area contributed by atoms with Crippen molar-refractivity contribution < 1.29 is 13.6 Å². The molecular formula is C66H103O3P3. The molecular weight excluding hydrogens is 934 g/mol. The molecule has 0 aromatic carbocycles. The zero-order valence-electron chi connectivity index (χ0n) is 46.2. The number of allylic oxidation sites excluding steroid dienone is 33. The highest BCUT2D eigenvalue weighted by atomic mass is 31.1. The second kappa shape index (κ2) is 69.3. The van der Waals surface area contributed by atoms with Gasteiger partial charge in [-0.05, 0) is 122 Å². The first kappa shape index (κ1) is 72.4. The van der Waals surface area contributed by atoms with E-state index in [0.29, 0.717) is 0 Å². The molecule has 3 nitrogen and oxygen atoms in total. The third kappa shape index (κ3) is 66.2. The molecule has 0 bridgehead atoms. The molecule has 0 aromatic rings. The molecule has 0 aromatic heterocycles. The van der Waals surface area contributed by atoms with Crippen molar-refractivity contribution >= 4 is 27.4 Å². The highest BCUT2D eigenvalue weighted by Gasteiger charge is 1.99. The molecule has 5 atom stereocenters. The van der Waals surface area contributed by atoms with Gasteiger partial charge in [0.2, 0.25) is 0 Å². The molecule has 0 saturated heterocycles. The molecule has 0 aliphatic carbocycles. The van der Waals surface area contributed by atoms with Crippen LogP contribution in [0.1, 0.15) is 176 Å². The van der Waals surface area contributed by atoms with Crippen LogP contribution in [0.2, 0.25) is 0 Å². The molecule has 72 heavy (non-hydrogen) atoms. The molecule has 0 aliphatic rings. The van der Waals surface area contributed by atoms with Gasteiger partial charge in [0.15, 0.2) is 8.46 Å². The summed E-state index contributed by atoms with van der Waals surface area (Å²) < 4.78 is 21.4. The van der Waals surface area contributed by atoms with E-state index in [1.807, 2.05) is 19.1 Å². The fourth-order valence-corrected chi connectivity index (χ4v) is 6.74. The Balaban J connectivity index is -0.000000992. The van der Waals surface area contributed by atoms with Crippen molar-refractivity contribution in [2.24, 2.45) is 0 Å². The third-order valence-electron chi connectivity index (χ3n) is 9.96. The number of unbranched alkanes of at least 4 members (excludes halogenated alkanes) is 3. The minimum absolute atomic E-state index is 0.119. The smallest absolute Gasteiger partial charge is 0.163 e. The van der Waals surface area contributed by atoms with E-state index in [1.54, 1.807) is 0 Å². The first-order valence-electron chi connectivity index (χ1n) is 27.3. The molecule has 0 radical (unpaired) electrons. The number of hydrogen-bond donors (Lipinski definition) is 0. The maximum absolute atomic E-state index is 10.9. The van der Waals surface area contributed by atoms with Crippen LogP contribution in [0.5, 0.6) is 0 Å². The number of hydrogen-bond acceptors (Lipinski definition) is 3. The lowest BCUT2D eigenvalue weighted by molar-refractivity contribution is 0.289. The monoisotopic (exact) mass is 1040 g/mol. The maximum Gasteiger partial charge on any atom is 0.163 e. The van der Waals surface area contributed by atoms with Crippen LogP contribution < -0.4 is 0 Å². The van der Waals surface area contributed by atoms with E-state index < -0.39 is 0 Å². The van der Waals surface area contributed by atoms with E-state index in [2.05, 4.69) is 260 Å². The Morgan fingerprint density at radius 1 is 0.361 bits per heavy atom. The van der Waals surface area contributed by atoms with Gasteiger partial charge in [-0.3, -0.25) is 4.57 Å². The lowest BCUT2D eigenvalue weighted by Gasteiger charge is -2.06. The van der Waals surface area contributed by atoms with Crippen molar-refractivity contribution in [1.82, 2.24) is 0 Å². The van der Waals surface area contributed by atoms with Gasteiger partial charge in [-0.1, -0.05) is 273 Å². The van der Waals surface area contributed by atoms with E-state index in [4.69, 9.17) is 9.05 Å². The topological polar surface area (TPSA) is 35.5 Å². The van der Waals surface area contributed by atoms with E-state index in [-0.39, 0.29) is 26.3 Å². The second-order valence-corrected chi connectivity index (χ2v) is 18.0. The summed E-state index contributed by atoms with van der Waals surface area (Å²) in [5.41, 5.74) is 0.119. The normalized spacial score (nSPS) is 14.7. The Labute approximate surface area is 451 Å². The Bertz CT molecular complexity index is 1700. The largest absolute Gasteiger partial charge is 0.358 e. The lowest BCUT2D eigenvalue weighted by atomic mass is 10.2. The van der Waals surface area contributed by atoms with Crippen molar-refractivity contribution in [3.8, 4) is 0 Å². The summed E-state index contributed by atoms with van der Waals surface area (Å²) in [5, 5.41) is 0. The van der Waals surface area contributed by atoms with E-state index in [0.717, 1.165) is 96.3 Å². The van der Waals surface area contributed by atoms with Crippen molar-refractivity contribution in [1.29, 1.82) is 0 Å². The van der Waals surface area contributed by atoms with Crippen molar-refractivity contribution in [3.63, 3.8) is 0 Å².